The fourth-order valence-corrected chi connectivity index (χ4v) is 3.79. The molecule has 1 aliphatic rings. The number of unbranched alkanes of at least 4 members (excludes halogenated alkanes) is 1. The first-order valence-corrected chi connectivity index (χ1v) is 9.23. The van der Waals surface area contributed by atoms with Crippen LogP contribution in [0.1, 0.15) is 62.8 Å². The Balaban J connectivity index is 1.94. The van der Waals surface area contributed by atoms with E-state index in [1.165, 1.54) is 30.6 Å². The maximum atomic E-state index is 11.9. The third-order valence-corrected chi connectivity index (χ3v) is 5.18. The highest BCUT2D eigenvalue weighted by molar-refractivity contribution is 7.10. The smallest absolute Gasteiger partial charge is 0.220 e. The summed E-state index contributed by atoms with van der Waals surface area (Å²) >= 11 is 1.81. The van der Waals surface area contributed by atoms with Crippen LogP contribution in [0.5, 0.6) is 0 Å². The summed E-state index contributed by atoms with van der Waals surface area (Å²) in [5.74, 6) is 0.202. The van der Waals surface area contributed by atoms with Gasteiger partial charge in [-0.05, 0) is 43.8 Å². The van der Waals surface area contributed by atoms with Gasteiger partial charge in [0.1, 0.15) is 0 Å². The van der Waals surface area contributed by atoms with Crippen molar-refractivity contribution >= 4 is 17.2 Å². The molecule has 0 radical (unpaired) electrons. The molecule has 1 amide bonds. The van der Waals surface area contributed by atoms with Crippen LogP contribution in [0, 0.1) is 0 Å². The van der Waals surface area contributed by atoms with Gasteiger partial charge in [0.2, 0.25) is 5.91 Å². The molecule has 1 fully saturated rings. The van der Waals surface area contributed by atoms with E-state index >= 15 is 0 Å². The van der Waals surface area contributed by atoms with E-state index in [4.69, 9.17) is 0 Å². The van der Waals surface area contributed by atoms with E-state index in [0.717, 1.165) is 32.5 Å². The fourth-order valence-electron chi connectivity index (χ4n) is 2.93. The van der Waals surface area contributed by atoms with Crippen LogP contribution in [0.3, 0.4) is 0 Å². The van der Waals surface area contributed by atoms with Crippen molar-refractivity contribution in [1.29, 1.82) is 0 Å². The van der Waals surface area contributed by atoms with Crippen molar-refractivity contribution in [3.63, 3.8) is 0 Å². The summed E-state index contributed by atoms with van der Waals surface area (Å²) < 4.78 is 0. The Morgan fingerprint density at radius 3 is 2.71 bits per heavy atom. The molecule has 0 spiro atoms. The second kappa shape index (κ2) is 9.21. The van der Waals surface area contributed by atoms with E-state index in [0.29, 0.717) is 12.5 Å². The lowest BCUT2D eigenvalue weighted by atomic mass is 10.1. The number of carbonyl (C=O) groups excluding carboxylic acids is 1. The van der Waals surface area contributed by atoms with Gasteiger partial charge in [-0.25, -0.2) is 0 Å². The third kappa shape index (κ3) is 5.44. The topological polar surface area (TPSA) is 32.3 Å². The normalized spacial score (nSPS) is 18.1. The van der Waals surface area contributed by atoms with Gasteiger partial charge in [-0.3, -0.25) is 9.69 Å². The first-order chi connectivity index (χ1) is 10.3. The molecule has 4 heteroatoms. The first-order valence-electron chi connectivity index (χ1n) is 8.35. The predicted molar refractivity (Wildman–Crippen MR) is 89.6 cm³/mol. The molecule has 0 aliphatic carbocycles. The molecule has 1 aromatic rings. The minimum atomic E-state index is 0.202. The molecular formula is C17H28N2OS. The Bertz CT molecular complexity index is 397. The van der Waals surface area contributed by atoms with Crippen LogP contribution in [-0.4, -0.2) is 30.4 Å². The molecule has 1 saturated heterocycles. The summed E-state index contributed by atoms with van der Waals surface area (Å²) in [7, 11) is 0. The monoisotopic (exact) mass is 308 g/mol. The van der Waals surface area contributed by atoms with E-state index in [1.807, 2.05) is 11.3 Å². The van der Waals surface area contributed by atoms with E-state index in [2.05, 4.69) is 34.7 Å². The van der Waals surface area contributed by atoms with Gasteiger partial charge in [0.25, 0.3) is 0 Å². The maximum absolute atomic E-state index is 11.9. The van der Waals surface area contributed by atoms with Crippen LogP contribution in [-0.2, 0) is 4.79 Å². The number of amides is 1. The maximum Gasteiger partial charge on any atom is 0.220 e. The number of thiophene rings is 1. The van der Waals surface area contributed by atoms with Crippen LogP contribution >= 0.6 is 11.3 Å². The molecule has 0 saturated carbocycles. The Morgan fingerprint density at radius 2 is 2.10 bits per heavy atom. The number of carbonyl (C=O) groups is 1. The zero-order valence-corrected chi connectivity index (χ0v) is 14.0. The lowest BCUT2D eigenvalue weighted by Crippen LogP contribution is -2.38. The largest absolute Gasteiger partial charge is 0.354 e. The third-order valence-electron chi connectivity index (χ3n) is 4.20. The van der Waals surface area contributed by atoms with Crippen molar-refractivity contribution in [2.24, 2.45) is 0 Å². The highest BCUT2D eigenvalue weighted by Crippen LogP contribution is 2.27. The Labute approximate surface area is 132 Å². The van der Waals surface area contributed by atoms with Crippen LogP contribution in [0.2, 0.25) is 0 Å². The summed E-state index contributed by atoms with van der Waals surface area (Å²) in [6, 6.07) is 4.68. The van der Waals surface area contributed by atoms with E-state index < -0.39 is 0 Å². The van der Waals surface area contributed by atoms with E-state index in [-0.39, 0.29) is 5.91 Å². The molecule has 1 aromatic heterocycles. The van der Waals surface area contributed by atoms with Gasteiger partial charge in [0.15, 0.2) is 0 Å². The van der Waals surface area contributed by atoms with Gasteiger partial charge in [-0.15, -0.1) is 11.3 Å². The summed E-state index contributed by atoms with van der Waals surface area (Å²) in [5, 5.41) is 5.29. The number of nitrogens with zero attached hydrogens (tertiary/aromatic N) is 1. The summed E-state index contributed by atoms with van der Waals surface area (Å²) in [6.07, 6.45) is 7.98. The SMILES string of the molecule is CCCCC(=O)NC[C@@H](c1cccs1)N1CCCCCC1. The first kappa shape index (κ1) is 16.5. The summed E-state index contributed by atoms with van der Waals surface area (Å²) in [4.78, 5) is 15.9. The second-order valence-electron chi connectivity index (χ2n) is 5.89. The van der Waals surface area contributed by atoms with E-state index in [9.17, 15) is 4.79 Å². The van der Waals surface area contributed by atoms with E-state index in [1.54, 1.807) is 0 Å². The van der Waals surface area contributed by atoms with Gasteiger partial charge in [-0.1, -0.05) is 32.3 Å². The van der Waals surface area contributed by atoms with Crippen molar-refractivity contribution in [2.75, 3.05) is 19.6 Å². The summed E-state index contributed by atoms with van der Waals surface area (Å²) in [5.41, 5.74) is 0. The number of hydrogen-bond donors (Lipinski definition) is 1. The molecule has 2 heterocycles. The average molecular weight is 308 g/mol. The highest BCUT2D eigenvalue weighted by Gasteiger charge is 2.22. The van der Waals surface area contributed by atoms with Gasteiger partial charge < -0.3 is 5.32 Å². The molecule has 2 rings (SSSR count). The molecule has 0 bridgehead atoms. The number of nitrogens with one attached hydrogen (secondary N) is 1. The van der Waals surface area contributed by atoms with Crippen molar-refractivity contribution in [3.8, 4) is 0 Å². The fraction of sp³-hybridized carbons (Fsp3) is 0.706. The number of hydrogen-bond acceptors (Lipinski definition) is 3. The zero-order valence-electron chi connectivity index (χ0n) is 13.1. The molecular weight excluding hydrogens is 280 g/mol. The van der Waals surface area contributed by atoms with Crippen LogP contribution in [0.15, 0.2) is 17.5 Å². The zero-order chi connectivity index (χ0) is 14.9. The van der Waals surface area contributed by atoms with Crippen LogP contribution in [0.4, 0.5) is 0 Å². The Morgan fingerprint density at radius 1 is 1.33 bits per heavy atom. The van der Waals surface area contributed by atoms with Crippen molar-refractivity contribution in [2.45, 2.75) is 57.9 Å². The van der Waals surface area contributed by atoms with Crippen LogP contribution < -0.4 is 5.32 Å². The average Bonchev–Trinajstić information content (AvgIpc) is 2.88. The molecule has 0 aromatic carbocycles. The van der Waals surface area contributed by atoms with Gasteiger partial charge in [0.05, 0.1) is 6.04 Å². The van der Waals surface area contributed by atoms with Gasteiger partial charge >= 0.3 is 0 Å². The molecule has 1 aliphatic heterocycles. The van der Waals surface area contributed by atoms with Crippen molar-refractivity contribution in [3.05, 3.63) is 22.4 Å². The molecule has 3 nitrogen and oxygen atoms in total. The van der Waals surface area contributed by atoms with Gasteiger partial charge in [-0.2, -0.15) is 0 Å². The molecule has 0 unspecified atom stereocenters. The quantitative estimate of drug-likeness (QED) is 0.826. The standard InChI is InChI=1S/C17H28N2OS/c1-2-3-10-17(20)18-14-15(16-9-8-13-21-16)19-11-6-4-5-7-12-19/h8-9,13,15H,2-7,10-12,14H2,1H3,(H,18,20)/t15-/m0/s1. The lowest BCUT2D eigenvalue weighted by Gasteiger charge is -2.30. The second-order valence-corrected chi connectivity index (χ2v) is 6.87. The lowest BCUT2D eigenvalue weighted by molar-refractivity contribution is -0.121. The number of likely N-dealkylation sites (tertiary alicyclic amines) is 1. The van der Waals surface area contributed by atoms with Gasteiger partial charge in [0, 0.05) is 17.8 Å². The molecule has 118 valence electrons. The Kier molecular flexibility index (Phi) is 7.24. The molecule has 1 atom stereocenters. The number of rotatable bonds is 7. The summed E-state index contributed by atoms with van der Waals surface area (Å²) in [6.45, 7) is 5.20. The highest BCUT2D eigenvalue weighted by atomic mass is 32.1. The predicted octanol–water partition coefficient (Wildman–Crippen LogP) is 3.97. The molecule has 21 heavy (non-hydrogen) atoms. The van der Waals surface area contributed by atoms with Crippen LogP contribution in [0.25, 0.3) is 0 Å². The minimum Gasteiger partial charge on any atom is -0.354 e. The Hall–Kier alpha value is -0.870. The molecule has 1 N–H and O–H groups in total. The van der Waals surface area contributed by atoms with Crippen molar-refractivity contribution in [1.82, 2.24) is 10.2 Å². The van der Waals surface area contributed by atoms with Crippen molar-refractivity contribution < 1.29 is 4.79 Å². The minimum absolute atomic E-state index is 0.202.